The molecule has 0 aromatic heterocycles. The quantitative estimate of drug-likeness (QED) is 0.493. The van der Waals surface area contributed by atoms with Crippen LogP contribution in [0.5, 0.6) is 0 Å². The van der Waals surface area contributed by atoms with Gasteiger partial charge in [0.15, 0.2) is 0 Å². The van der Waals surface area contributed by atoms with Crippen molar-refractivity contribution in [1.82, 2.24) is 10.2 Å². The maximum Gasteiger partial charge on any atom is 0.347 e. The Balaban J connectivity index is 2.28. The minimum Gasteiger partial charge on any atom is -0.385 e. The highest BCUT2D eigenvalue weighted by atomic mass is 16.2. The molecule has 0 aromatic carbocycles. The van der Waals surface area contributed by atoms with Crippen LogP contribution < -0.4 is 11.1 Å². The standard InChI is InChI=1S/C8H10N4O/c1-2-3-12-7(13)11-6(9)8(12)4-10-5-8/h1,10H,3-5H2,(H2,9,11,13). The van der Waals surface area contributed by atoms with E-state index in [2.05, 4.69) is 16.2 Å². The van der Waals surface area contributed by atoms with Crippen LogP contribution in [0.15, 0.2) is 4.99 Å². The van der Waals surface area contributed by atoms with Crippen LogP contribution >= 0.6 is 0 Å². The molecule has 1 spiro atoms. The van der Waals surface area contributed by atoms with Gasteiger partial charge in [-0.2, -0.15) is 4.99 Å². The summed E-state index contributed by atoms with van der Waals surface area (Å²) in [6.45, 7) is 1.57. The molecule has 0 saturated carbocycles. The first-order chi connectivity index (χ1) is 6.20. The third-order valence-corrected chi connectivity index (χ3v) is 2.52. The summed E-state index contributed by atoms with van der Waals surface area (Å²) in [7, 11) is 0. The maximum atomic E-state index is 11.3. The van der Waals surface area contributed by atoms with Crippen molar-refractivity contribution in [3.8, 4) is 12.3 Å². The molecule has 0 aliphatic carbocycles. The predicted molar refractivity (Wildman–Crippen MR) is 48.2 cm³/mol. The van der Waals surface area contributed by atoms with Crippen molar-refractivity contribution < 1.29 is 4.79 Å². The zero-order chi connectivity index (χ0) is 9.47. The fraction of sp³-hybridized carbons (Fsp3) is 0.500. The predicted octanol–water partition coefficient (Wildman–Crippen LogP) is -1.25. The molecule has 2 aliphatic rings. The zero-order valence-corrected chi connectivity index (χ0v) is 7.08. The molecule has 2 amide bonds. The number of rotatable bonds is 1. The zero-order valence-electron chi connectivity index (χ0n) is 7.08. The first kappa shape index (κ1) is 8.08. The number of aliphatic imine (C=N–C) groups is 1. The van der Waals surface area contributed by atoms with Gasteiger partial charge in [-0.05, 0) is 0 Å². The number of carbonyl (C=O) groups is 1. The lowest BCUT2D eigenvalue weighted by atomic mass is 9.90. The summed E-state index contributed by atoms with van der Waals surface area (Å²) >= 11 is 0. The Kier molecular flexibility index (Phi) is 1.54. The number of amidine groups is 1. The lowest BCUT2D eigenvalue weighted by molar-refractivity contribution is 0.145. The minimum atomic E-state index is -0.427. The Labute approximate surface area is 76.0 Å². The molecule has 0 atom stereocenters. The van der Waals surface area contributed by atoms with E-state index >= 15 is 0 Å². The van der Waals surface area contributed by atoms with E-state index in [1.165, 1.54) is 0 Å². The van der Waals surface area contributed by atoms with E-state index in [1.807, 2.05) is 0 Å². The van der Waals surface area contributed by atoms with Gasteiger partial charge in [-0.3, -0.25) is 4.90 Å². The van der Waals surface area contributed by atoms with Crippen molar-refractivity contribution in [3.05, 3.63) is 0 Å². The van der Waals surface area contributed by atoms with E-state index in [9.17, 15) is 4.79 Å². The second kappa shape index (κ2) is 2.47. The highest BCUT2D eigenvalue weighted by molar-refractivity contribution is 6.07. The van der Waals surface area contributed by atoms with E-state index in [4.69, 9.17) is 12.2 Å². The summed E-state index contributed by atoms with van der Waals surface area (Å²) in [6.07, 6.45) is 5.16. The van der Waals surface area contributed by atoms with Crippen molar-refractivity contribution in [2.45, 2.75) is 5.54 Å². The number of nitrogens with one attached hydrogen (secondary N) is 1. The first-order valence-electron chi connectivity index (χ1n) is 4.01. The minimum absolute atomic E-state index is 0.269. The SMILES string of the molecule is C#CCN1C(=O)N=C(N)C12CNC2. The maximum absolute atomic E-state index is 11.3. The van der Waals surface area contributed by atoms with E-state index in [1.54, 1.807) is 4.90 Å². The molecule has 0 radical (unpaired) electrons. The van der Waals surface area contributed by atoms with Crippen LogP contribution in [0.1, 0.15) is 0 Å². The summed E-state index contributed by atoms with van der Waals surface area (Å²) in [4.78, 5) is 16.6. The monoisotopic (exact) mass is 178 g/mol. The van der Waals surface area contributed by atoms with E-state index in [0.29, 0.717) is 18.9 Å². The molecular weight excluding hydrogens is 168 g/mol. The van der Waals surface area contributed by atoms with Crippen molar-refractivity contribution in [1.29, 1.82) is 0 Å². The molecule has 13 heavy (non-hydrogen) atoms. The molecule has 68 valence electrons. The Morgan fingerprint density at radius 1 is 1.77 bits per heavy atom. The van der Waals surface area contributed by atoms with Crippen molar-refractivity contribution in [2.24, 2.45) is 10.7 Å². The molecule has 0 unspecified atom stereocenters. The van der Waals surface area contributed by atoms with E-state index < -0.39 is 5.54 Å². The van der Waals surface area contributed by atoms with Crippen LogP contribution in [-0.4, -0.2) is 41.9 Å². The number of hydrogen-bond acceptors (Lipinski definition) is 3. The second-order valence-electron chi connectivity index (χ2n) is 3.21. The topological polar surface area (TPSA) is 70.7 Å². The van der Waals surface area contributed by atoms with Gasteiger partial charge >= 0.3 is 6.03 Å². The third-order valence-electron chi connectivity index (χ3n) is 2.52. The molecule has 1 saturated heterocycles. The van der Waals surface area contributed by atoms with Gasteiger partial charge in [-0.1, -0.05) is 5.92 Å². The molecule has 2 aliphatic heterocycles. The summed E-state index contributed by atoms with van der Waals surface area (Å²) in [5.74, 6) is 2.81. The first-order valence-corrected chi connectivity index (χ1v) is 4.01. The highest BCUT2D eigenvalue weighted by Crippen LogP contribution is 2.26. The fourth-order valence-electron chi connectivity index (χ4n) is 1.63. The Morgan fingerprint density at radius 3 is 2.92 bits per heavy atom. The van der Waals surface area contributed by atoms with Crippen LogP contribution in [0.25, 0.3) is 0 Å². The van der Waals surface area contributed by atoms with Crippen molar-refractivity contribution >= 4 is 11.9 Å². The van der Waals surface area contributed by atoms with Gasteiger partial charge in [0.05, 0.1) is 6.54 Å². The normalized spacial score (nSPS) is 24.1. The largest absolute Gasteiger partial charge is 0.385 e. The Hall–Kier alpha value is -1.54. The summed E-state index contributed by atoms with van der Waals surface area (Å²) in [5.41, 5.74) is 5.24. The lowest BCUT2D eigenvalue weighted by Crippen LogP contribution is -2.72. The van der Waals surface area contributed by atoms with Crippen LogP contribution in [-0.2, 0) is 0 Å². The molecule has 2 heterocycles. The Bertz CT molecular complexity index is 324. The molecule has 2 rings (SSSR count). The van der Waals surface area contributed by atoms with Crippen molar-refractivity contribution in [2.75, 3.05) is 19.6 Å². The average molecular weight is 178 g/mol. The number of nitrogens with zero attached hydrogens (tertiary/aromatic N) is 2. The number of urea groups is 1. The molecule has 1 fully saturated rings. The van der Waals surface area contributed by atoms with Gasteiger partial charge in [0.25, 0.3) is 0 Å². The van der Waals surface area contributed by atoms with Crippen molar-refractivity contribution in [3.63, 3.8) is 0 Å². The van der Waals surface area contributed by atoms with Gasteiger partial charge in [-0.25, -0.2) is 4.79 Å². The number of amides is 2. The van der Waals surface area contributed by atoms with Gasteiger partial charge in [0.1, 0.15) is 11.4 Å². The lowest BCUT2D eigenvalue weighted by Gasteiger charge is -2.44. The number of nitrogens with two attached hydrogens (primary N) is 1. The van der Waals surface area contributed by atoms with Gasteiger partial charge in [-0.15, -0.1) is 6.42 Å². The molecular formula is C8H10N4O. The summed E-state index contributed by atoms with van der Waals surface area (Å²) in [6, 6.07) is -0.322. The second-order valence-corrected chi connectivity index (χ2v) is 3.21. The Morgan fingerprint density at radius 2 is 2.46 bits per heavy atom. The van der Waals surface area contributed by atoms with Crippen LogP contribution in [0.4, 0.5) is 4.79 Å². The van der Waals surface area contributed by atoms with Gasteiger partial charge in [0.2, 0.25) is 0 Å². The molecule has 3 N–H and O–H groups in total. The number of terminal acetylenes is 1. The molecule has 0 bridgehead atoms. The summed E-state index contributed by atoms with van der Waals surface area (Å²) in [5, 5.41) is 3.06. The molecule has 5 heteroatoms. The smallest absolute Gasteiger partial charge is 0.347 e. The number of carbonyl (C=O) groups excluding carboxylic acids is 1. The van der Waals surface area contributed by atoms with Crippen LogP contribution in [0.2, 0.25) is 0 Å². The average Bonchev–Trinajstić information content (AvgIpc) is 2.23. The van der Waals surface area contributed by atoms with E-state index in [0.717, 1.165) is 0 Å². The van der Waals surface area contributed by atoms with Crippen LogP contribution in [0.3, 0.4) is 0 Å². The van der Waals surface area contributed by atoms with E-state index in [-0.39, 0.29) is 12.6 Å². The highest BCUT2D eigenvalue weighted by Gasteiger charge is 2.52. The van der Waals surface area contributed by atoms with Gasteiger partial charge < -0.3 is 11.1 Å². The third kappa shape index (κ3) is 0.863. The van der Waals surface area contributed by atoms with Crippen LogP contribution in [0, 0.1) is 12.3 Å². The molecule has 0 aromatic rings. The van der Waals surface area contributed by atoms with Gasteiger partial charge in [0, 0.05) is 13.1 Å². The summed E-state index contributed by atoms with van der Waals surface area (Å²) < 4.78 is 0. The number of hydrogen-bond donors (Lipinski definition) is 2. The fourth-order valence-corrected chi connectivity index (χ4v) is 1.63. The molecule has 5 nitrogen and oxygen atoms in total.